The average molecular weight is 419 g/mol. The first-order valence-corrected chi connectivity index (χ1v) is 11.5. The number of aliphatic imine (C=N–C) groups is 1. The van der Waals surface area contributed by atoms with Crippen LogP contribution in [0.4, 0.5) is 0 Å². The van der Waals surface area contributed by atoms with Crippen molar-refractivity contribution < 1.29 is 4.42 Å². The summed E-state index contributed by atoms with van der Waals surface area (Å²) in [6, 6.07) is 0. The van der Waals surface area contributed by atoms with E-state index in [0.29, 0.717) is 12.5 Å². The Balaban J connectivity index is 1.42. The van der Waals surface area contributed by atoms with E-state index in [9.17, 15) is 0 Å². The lowest BCUT2D eigenvalue weighted by Gasteiger charge is -2.31. The van der Waals surface area contributed by atoms with Gasteiger partial charge in [0.05, 0.1) is 18.8 Å². The standard InChI is InChI=1S/C21H34N6OS/c1-5-18-12-23-20(29-18)13-25-21(22-6-2)24-11-17-7-9-27(10-8-17)14-19-26-15(3)16(4)28-19/h12,17H,5-11,13-14H2,1-4H3,(H2,22,24,25). The monoisotopic (exact) mass is 418 g/mol. The maximum atomic E-state index is 5.73. The van der Waals surface area contributed by atoms with Crippen LogP contribution in [0.1, 0.15) is 53.9 Å². The minimum Gasteiger partial charge on any atom is -0.444 e. The van der Waals surface area contributed by atoms with Gasteiger partial charge in [-0.1, -0.05) is 6.92 Å². The first kappa shape index (κ1) is 21.8. The Hall–Kier alpha value is -1.93. The molecule has 2 aromatic rings. The second-order valence-electron chi connectivity index (χ2n) is 7.62. The molecule has 0 radical (unpaired) electrons. The second-order valence-corrected chi connectivity index (χ2v) is 8.82. The van der Waals surface area contributed by atoms with E-state index in [4.69, 9.17) is 9.41 Å². The molecule has 0 amide bonds. The third-order valence-electron chi connectivity index (χ3n) is 5.36. The van der Waals surface area contributed by atoms with Crippen LogP contribution in [0.3, 0.4) is 0 Å². The van der Waals surface area contributed by atoms with Gasteiger partial charge in [0.2, 0.25) is 5.89 Å². The fraction of sp³-hybridized carbons (Fsp3) is 0.667. The van der Waals surface area contributed by atoms with Gasteiger partial charge in [0.25, 0.3) is 0 Å². The molecule has 2 aromatic heterocycles. The molecule has 1 aliphatic heterocycles. The summed E-state index contributed by atoms with van der Waals surface area (Å²) in [5.41, 5.74) is 0.998. The molecule has 0 aromatic carbocycles. The molecule has 1 saturated heterocycles. The number of nitrogens with one attached hydrogen (secondary N) is 2. The molecule has 3 rings (SSSR count). The van der Waals surface area contributed by atoms with Crippen LogP contribution in [0.5, 0.6) is 0 Å². The Kier molecular flexibility index (Phi) is 8.06. The van der Waals surface area contributed by atoms with Crippen molar-refractivity contribution in [1.29, 1.82) is 0 Å². The molecule has 2 N–H and O–H groups in total. The van der Waals surface area contributed by atoms with Crippen LogP contribution in [0.25, 0.3) is 0 Å². The summed E-state index contributed by atoms with van der Waals surface area (Å²) in [7, 11) is 0. The van der Waals surface area contributed by atoms with Crippen LogP contribution in [0.15, 0.2) is 15.6 Å². The van der Waals surface area contributed by atoms with E-state index in [1.54, 1.807) is 11.3 Å². The van der Waals surface area contributed by atoms with Crippen molar-refractivity contribution in [1.82, 2.24) is 25.5 Å². The van der Waals surface area contributed by atoms with E-state index in [-0.39, 0.29) is 0 Å². The number of thiazole rings is 1. The number of hydrogen-bond donors (Lipinski definition) is 2. The Labute approximate surface area is 178 Å². The predicted molar refractivity (Wildman–Crippen MR) is 118 cm³/mol. The lowest BCUT2D eigenvalue weighted by molar-refractivity contribution is 0.164. The molecule has 0 aliphatic carbocycles. The highest BCUT2D eigenvalue weighted by Crippen LogP contribution is 2.19. The maximum absolute atomic E-state index is 5.73. The number of piperidine rings is 1. The Bertz CT molecular complexity index is 771. The molecule has 29 heavy (non-hydrogen) atoms. The SMILES string of the molecule is CCNC(=NCc1ncc(CC)s1)NCC1CCN(Cc2nc(C)c(C)o2)CC1. The molecular weight excluding hydrogens is 384 g/mol. The van der Waals surface area contributed by atoms with Crippen LogP contribution in [-0.2, 0) is 19.5 Å². The first-order valence-electron chi connectivity index (χ1n) is 10.7. The molecule has 3 heterocycles. The summed E-state index contributed by atoms with van der Waals surface area (Å²) < 4.78 is 5.73. The minimum atomic E-state index is 0.632. The van der Waals surface area contributed by atoms with Crippen LogP contribution >= 0.6 is 11.3 Å². The van der Waals surface area contributed by atoms with E-state index >= 15 is 0 Å². The summed E-state index contributed by atoms with van der Waals surface area (Å²) in [5.74, 6) is 3.31. The first-order chi connectivity index (χ1) is 14.1. The van der Waals surface area contributed by atoms with Gasteiger partial charge in [0.15, 0.2) is 5.96 Å². The van der Waals surface area contributed by atoms with Crippen molar-refractivity contribution in [3.05, 3.63) is 33.4 Å². The van der Waals surface area contributed by atoms with Gasteiger partial charge >= 0.3 is 0 Å². The van der Waals surface area contributed by atoms with Crippen molar-refractivity contribution in [3.8, 4) is 0 Å². The minimum absolute atomic E-state index is 0.632. The summed E-state index contributed by atoms with van der Waals surface area (Å²) in [4.78, 5) is 17.4. The van der Waals surface area contributed by atoms with Crippen LogP contribution < -0.4 is 10.6 Å². The van der Waals surface area contributed by atoms with E-state index in [0.717, 1.165) is 67.5 Å². The molecule has 7 nitrogen and oxygen atoms in total. The number of rotatable bonds is 8. The largest absolute Gasteiger partial charge is 0.444 e. The van der Waals surface area contributed by atoms with Crippen molar-refractivity contribution in [3.63, 3.8) is 0 Å². The third-order valence-corrected chi connectivity index (χ3v) is 6.49. The molecule has 1 aliphatic rings. The molecule has 8 heteroatoms. The van der Waals surface area contributed by atoms with Gasteiger partial charge in [0.1, 0.15) is 10.8 Å². The van der Waals surface area contributed by atoms with Crippen molar-refractivity contribution in [2.45, 2.75) is 60.0 Å². The zero-order valence-electron chi connectivity index (χ0n) is 18.1. The maximum Gasteiger partial charge on any atom is 0.208 e. The second kappa shape index (κ2) is 10.7. The summed E-state index contributed by atoms with van der Waals surface area (Å²) in [6.45, 7) is 13.7. The van der Waals surface area contributed by atoms with Crippen LogP contribution in [-0.4, -0.2) is 47.0 Å². The Morgan fingerprint density at radius 3 is 2.69 bits per heavy atom. The van der Waals surface area contributed by atoms with Crippen LogP contribution in [0.2, 0.25) is 0 Å². The normalized spacial score (nSPS) is 16.3. The summed E-state index contributed by atoms with van der Waals surface area (Å²) in [6.07, 6.45) is 5.35. The van der Waals surface area contributed by atoms with E-state index in [1.807, 2.05) is 20.0 Å². The molecule has 0 bridgehead atoms. The lowest BCUT2D eigenvalue weighted by atomic mass is 9.97. The summed E-state index contributed by atoms with van der Waals surface area (Å²) in [5, 5.41) is 7.94. The zero-order valence-corrected chi connectivity index (χ0v) is 18.9. The highest BCUT2D eigenvalue weighted by molar-refractivity contribution is 7.11. The molecule has 160 valence electrons. The van der Waals surface area contributed by atoms with Gasteiger partial charge in [0, 0.05) is 24.2 Å². The number of aryl methyl sites for hydroxylation is 3. The van der Waals surface area contributed by atoms with Gasteiger partial charge < -0.3 is 15.1 Å². The third kappa shape index (κ3) is 6.54. The molecule has 0 unspecified atom stereocenters. The van der Waals surface area contributed by atoms with Crippen LogP contribution in [0, 0.1) is 19.8 Å². The molecule has 0 spiro atoms. The summed E-state index contributed by atoms with van der Waals surface area (Å²) >= 11 is 1.75. The fourth-order valence-corrected chi connectivity index (χ4v) is 4.25. The van der Waals surface area contributed by atoms with Gasteiger partial charge in [-0.25, -0.2) is 15.0 Å². The number of likely N-dealkylation sites (tertiary alicyclic amines) is 1. The number of oxazole rings is 1. The quantitative estimate of drug-likeness (QED) is 0.506. The van der Waals surface area contributed by atoms with Crippen molar-refractivity contribution in [2.24, 2.45) is 10.9 Å². The van der Waals surface area contributed by atoms with Crippen molar-refractivity contribution >= 4 is 17.3 Å². The van der Waals surface area contributed by atoms with Gasteiger partial charge in [-0.05, 0) is 59.0 Å². The number of hydrogen-bond acceptors (Lipinski definition) is 6. The number of nitrogens with zero attached hydrogens (tertiary/aromatic N) is 4. The Morgan fingerprint density at radius 1 is 1.28 bits per heavy atom. The highest BCUT2D eigenvalue weighted by Gasteiger charge is 2.21. The number of guanidine groups is 1. The molecule has 0 saturated carbocycles. The molecular formula is C21H34N6OS. The Morgan fingerprint density at radius 2 is 2.07 bits per heavy atom. The predicted octanol–water partition coefficient (Wildman–Crippen LogP) is 3.28. The van der Waals surface area contributed by atoms with E-state index in [1.165, 1.54) is 17.7 Å². The van der Waals surface area contributed by atoms with Gasteiger partial charge in [-0.15, -0.1) is 11.3 Å². The van der Waals surface area contributed by atoms with E-state index in [2.05, 4.69) is 39.3 Å². The fourth-order valence-electron chi connectivity index (χ4n) is 3.46. The highest BCUT2D eigenvalue weighted by atomic mass is 32.1. The lowest BCUT2D eigenvalue weighted by Crippen LogP contribution is -2.42. The zero-order chi connectivity index (χ0) is 20.6. The average Bonchev–Trinajstić information content (AvgIpc) is 3.31. The van der Waals surface area contributed by atoms with Crippen molar-refractivity contribution in [2.75, 3.05) is 26.2 Å². The van der Waals surface area contributed by atoms with Gasteiger partial charge in [-0.2, -0.15) is 0 Å². The topological polar surface area (TPSA) is 78.6 Å². The number of aromatic nitrogens is 2. The molecule has 1 fully saturated rings. The van der Waals surface area contributed by atoms with Gasteiger partial charge in [-0.3, -0.25) is 4.90 Å². The van der Waals surface area contributed by atoms with E-state index < -0.39 is 0 Å². The molecule has 0 atom stereocenters. The smallest absolute Gasteiger partial charge is 0.208 e.